The van der Waals surface area contributed by atoms with Gasteiger partial charge in [0.2, 0.25) is 11.9 Å². The highest BCUT2D eigenvalue weighted by atomic mass is 35.5. The summed E-state index contributed by atoms with van der Waals surface area (Å²) in [6, 6.07) is 3.29. The molecule has 2 heterocycles. The number of carboxylic acids is 1. The molecule has 1 saturated heterocycles. The summed E-state index contributed by atoms with van der Waals surface area (Å²) < 4.78 is 5.65. The van der Waals surface area contributed by atoms with Crippen LogP contribution in [0, 0.1) is 0 Å². The van der Waals surface area contributed by atoms with Gasteiger partial charge in [0.05, 0.1) is 17.3 Å². The van der Waals surface area contributed by atoms with Crippen LogP contribution in [0.15, 0.2) is 17.1 Å². The predicted octanol–water partition coefficient (Wildman–Crippen LogP) is 1.51. The predicted molar refractivity (Wildman–Crippen MR) is 104 cm³/mol. The number of carbonyl (C=O) groups is 3. The van der Waals surface area contributed by atoms with Crippen molar-refractivity contribution in [3.8, 4) is 5.75 Å². The summed E-state index contributed by atoms with van der Waals surface area (Å²) in [5, 5.41) is 12.2. The first-order chi connectivity index (χ1) is 13.9. The van der Waals surface area contributed by atoms with Crippen LogP contribution in [0.5, 0.6) is 5.75 Å². The van der Waals surface area contributed by atoms with E-state index >= 15 is 0 Å². The normalized spacial score (nSPS) is 18.0. The maximum absolute atomic E-state index is 12.6. The Morgan fingerprint density at radius 1 is 1.31 bits per heavy atom. The number of nitrogens with zero attached hydrogens (tertiary/aromatic N) is 3. The molecule has 0 unspecified atom stereocenters. The van der Waals surface area contributed by atoms with Gasteiger partial charge in [0.15, 0.2) is 6.61 Å². The first-order valence-electron chi connectivity index (χ1n) is 9.51. The van der Waals surface area contributed by atoms with E-state index in [0.717, 1.165) is 31.2 Å². The average molecular weight is 421 g/mol. The molecule has 0 spiro atoms. The van der Waals surface area contributed by atoms with Crippen LogP contribution in [0.1, 0.15) is 31.2 Å². The SMILES string of the molecule is O=C(O)CN(C(=O)COc1ccc2c(c1Cl)CN1CC(=O)NC1=N2)C1CCCC1. The molecular formula is C19H21ClN4O5. The maximum atomic E-state index is 12.6. The molecule has 0 bridgehead atoms. The molecule has 2 fully saturated rings. The number of aliphatic imine (C=N–C) groups is 1. The Morgan fingerprint density at radius 3 is 2.79 bits per heavy atom. The summed E-state index contributed by atoms with van der Waals surface area (Å²) in [6.45, 7) is -0.00731. The number of rotatable bonds is 6. The summed E-state index contributed by atoms with van der Waals surface area (Å²) in [7, 11) is 0. The zero-order valence-corrected chi connectivity index (χ0v) is 16.4. The molecule has 9 nitrogen and oxygen atoms in total. The third-order valence-electron chi connectivity index (χ3n) is 5.39. The first-order valence-corrected chi connectivity index (χ1v) is 9.89. The molecule has 10 heteroatoms. The van der Waals surface area contributed by atoms with E-state index in [0.29, 0.717) is 29.0 Å². The zero-order chi connectivity index (χ0) is 20.5. The lowest BCUT2D eigenvalue weighted by Gasteiger charge is -2.28. The number of hydrogen-bond donors (Lipinski definition) is 2. The number of ether oxygens (including phenoxy) is 1. The third kappa shape index (κ3) is 4.00. The van der Waals surface area contributed by atoms with Crippen LogP contribution in [-0.2, 0) is 20.9 Å². The molecule has 1 aliphatic carbocycles. The minimum Gasteiger partial charge on any atom is -0.482 e. The molecule has 2 N–H and O–H groups in total. The Balaban J connectivity index is 1.46. The fourth-order valence-electron chi connectivity index (χ4n) is 3.99. The molecule has 1 aromatic rings. The van der Waals surface area contributed by atoms with Gasteiger partial charge in [0, 0.05) is 11.6 Å². The molecule has 3 aliphatic rings. The van der Waals surface area contributed by atoms with E-state index in [-0.39, 0.29) is 37.6 Å². The van der Waals surface area contributed by atoms with Crippen molar-refractivity contribution in [3.63, 3.8) is 0 Å². The summed E-state index contributed by atoms with van der Waals surface area (Å²) in [6.07, 6.45) is 3.59. The Labute approximate surface area is 172 Å². The summed E-state index contributed by atoms with van der Waals surface area (Å²) in [4.78, 5) is 42.9. The highest BCUT2D eigenvalue weighted by Gasteiger charge is 2.32. The Morgan fingerprint density at radius 2 is 2.07 bits per heavy atom. The van der Waals surface area contributed by atoms with Gasteiger partial charge in [0.1, 0.15) is 18.8 Å². The molecular weight excluding hydrogens is 400 g/mol. The van der Waals surface area contributed by atoms with Crippen LogP contribution >= 0.6 is 11.6 Å². The number of hydrogen-bond acceptors (Lipinski definition) is 6. The van der Waals surface area contributed by atoms with E-state index in [1.807, 2.05) is 0 Å². The molecule has 2 aliphatic heterocycles. The largest absolute Gasteiger partial charge is 0.482 e. The van der Waals surface area contributed by atoms with Crippen LogP contribution in [-0.4, -0.2) is 64.4 Å². The molecule has 29 heavy (non-hydrogen) atoms. The van der Waals surface area contributed by atoms with Crippen LogP contribution in [0.3, 0.4) is 0 Å². The molecule has 154 valence electrons. The van der Waals surface area contributed by atoms with Crippen LogP contribution in [0.4, 0.5) is 5.69 Å². The lowest BCUT2D eigenvalue weighted by molar-refractivity contribution is -0.147. The fourth-order valence-corrected chi connectivity index (χ4v) is 4.26. The minimum atomic E-state index is -1.04. The number of guanidine groups is 1. The molecule has 4 rings (SSSR count). The van der Waals surface area contributed by atoms with E-state index in [2.05, 4.69) is 10.3 Å². The van der Waals surface area contributed by atoms with Crippen LogP contribution < -0.4 is 10.1 Å². The van der Waals surface area contributed by atoms with E-state index < -0.39 is 5.97 Å². The number of fused-ring (bicyclic) bond motifs is 2. The van der Waals surface area contributed by atoms with Gasteiger partial charge in [-0.05, 0) is 25.0 Å². The van der Waals surface area contributed by atoms with Gasteiger partial charge in [-0.15, -0.1) is 0 Å². The maximum Gasteiger partial charge on any atom is 0.323 e. The number of carbonyl (C=O) groups excluding carboxylic acids is 2. The van der Waals surface area contributed by atoms with Crippen molar-refractivity contribution in [2.75, 3.05) is 19.7 Å². The van der Waals surface area contributed by atoms with Gasteiger partial charge in [-0.2, -0.15) is 0 Å². The minimum absolute atomic E-state index is 0.0610. The standard InChI is InChI=1S/C19H21ClN4O5/c20-18-12-7-23-8-15(25)22-19(23)21-13(12)5-6-14(18)29-10-16(26)24(9-17(27)28)11-3-1-2-4-11/h5-6,11H,1-4,7-10H2,(H,27,28)(H,21,22,25). The quantitative estimate of drug-likeness (QED) is 0.721. The molecule has 0 atom stereocenters. The molecule has 2 amide bonds. The number of amides is 2. The molecule has 0 radical (unpaired) electrons. The second-order valence-electron chi connectivity index (χ2n) is 7.36. The molecule has 1 saturated carbocycles. The van der Waals surface area contributed by atoms with E-state index in [1.165, 1.54) is 4.90 Å². The second-order valence-corrected chi connectivity index (χ2v) is 7.74. The Kier molecular flexibility index (Phi) is 5.31. The van der Waals surface area contributed by atoms with Gasteiger partial charge in [-0.1, -0.05) is 24.4 Å². The van der Waals surface area contributed by atoms with Crippen molar-refractivity contribution >= 4 is 41.0 Å². The van der Waals surface area contributed by atoms with Gasteiger partial charge in [-0.25, -0.2) is 4.99 Å². The monoisotopic (exact) mass is 420 g/mol. The third-order valence-corrected chi connectivity index (χ3v) is 5.80. The van der Waals surface area contributed by atoms with E-state index in [1.54, 1.807) is 17.0 Å². The number of benzene rings is 1. The molecule has 0 aromatic heterocycles. The zero-order valence-electron chi connectivity index (χ0n) is 15.7. The van der Waals surface area contributed by atoms with Crippen molar-refractivity contribution in [1.29, 1.82) is 0 Å². The van der Waals surface area contributed by atoms with Crippen LogP contribution in [0.2, 0.25) is 5.02 Å². The van der Waals surface area contributed by atoms with Crippen LogP contribution in [0.25, 0.3) is 0 Å². The van der Waals surface area contributed by atoms with E-state index in [9.17, 15) is 14.4 Å². The number of aliphatic carboxylic acids is 1. The first kappa shape index (κ1) is 19.5. The average Bonchev–Trinajstić information content (AvgIpc) is 3.32. The van der Waals surface area contributed by atoms with Gasteiger partial charge >= 0.3 is 5.97 Å². The number of carboxylic acid groups (broad SMARTS) is 1. The number of nitrogens with one attached hydrogen (secondary N) is 1. The number of halogens is 1. The smallest absolute Gasteiger partial charge is 0.323 e. The van der Waals surface area contributed by atoms with Crippen molar-refractivity contribution in [2.24, 2.45) is 4.99 Å². The van der Waals surface area contributed by atoms with Crippen molar-refractivity contribution < 1.29 is 24.2 Å². The Bertz CT molecular complexity index is 897. The second kappa shape index (κ2) is 7.90. The fraction of sp³-hybridized carbons (Fsp3) is 0.474. The van der Waals surface area contributed by atoms with Gasteiger partial charge < -0.3 is 19.6 Å². The van der Waals surface area contributed by atoms with Crippen molar-refractivity contribution in [2.45, 2.75) is 38.3 Å². The summed E-state index contributed by atoms with van der Waals surface area (Å²) in [5.41, 5.74) is 1.36. The summed E-state index contributed by atoms with van der Waals surface area (Å²) in [5.74, 6) is -0.705. The highest BCUT2D eigenvalue weighted by Crippen LogP contribution is 2.38. The van der Waals surface area contributed by atoms with Gasteiger partial charge in [-0.3, -0.25) is 19.7 Å². The van der Waals surface area contributed by atoms with Gasteiger partial charge in [0.25, 0.3) is 5.91 Å². The summed E-state index contributed by atoms with van der Waals surface area (Å²) >= 11 is 6.48. The van der Waals surface area contributed by atoms with Crippen molar-refractivity contribution in [1.82, 2.24) is 15.1 Å². The Hall–Kier alpha value is -2.81. The molecule has 1 aromatic carbocycles. The topological polar surface area (TPSA) is 112 Å². The lowest BCUT2D eigenvalue weighted by atomic mass is 10.1. The van der Waals surface area contributed by atoms with Crippen molar-refractivity contribution in [3.05, 3.63) is 22.7 Å². The lowest BCUT2D eigenvalue weighted by Crippen LogP contribution is -2.44. The van der Waals surface area contributed by atoms with E-state index in [4.69, 9.17) is 21.4 Å². The highest BCUT2D eigenvalue weighted by molar-refractivity contribution is 6.33.